The molecule has 1 aliphatic rings. The van der Waals surface area contributed by atoms with Crippen molar-refractivity contribution in [3.8, 4) is 0 Å². The molecule has 27 heavy (non-hydrogen) atoms. The van der Waals surface area contributed by atoms with Crippen LogP contribution in [0.4, 0.5) is 5.69 Å². The Morgan fingerprint density at radius 2 is 1.70 bits per heavy atom. The van der Waals surface area contributed by atoms with Crippen molar-refractivity contribution in [2.75, 3.05) is 0 Å². The third kappa shape index (κ3) is 4.15. The zero-order valence-corrected chi connectivity index (χ0v) is 15.3. The average molecular weight is 371 g/mol. The quantitative estimate of drug-likeness (QED) is 0.614. The van der Waals surface area contributed by atoms with E-state index in [-0.39, 0.29) is 5.91 Å². The SMILES string of the molecule is O=C1C(=Cc2cccnc2)SC(=Nc2ccccc2)N1Cc1ccccc1. The molecule has 0 bridgehead atoms. The zero-order valence-electron chi connectivity index (χ0n) is 14.5. The normalized spacial score (nSPS) is 17.0. The van der Waals surface area contributed by atoms with Crippen molar-refractivity contribution in [3.63, 3.8) is 0 Å². The van der Waals surface area contributed by atoms with Crippen LogP contribution in [-0.4, -0.2) is 21.0 Å². The number of aliphatic imine (C=N–C) groups is 1. The van der Waals surface area contributed by atoms with Crippen molar-refractivity contribution in [1.82, 2.24) is 9.88 Å². The van der Waals surface area contributed by atoms with E-state index in [1.54, 1.807) is 17.3 Å². The van der Waals surface area contributed by atoms with Crippen LogP contribution in [0.2, 0.25) is 0 Å². The molecule has 4 rings (SSSR count). The van der Waals surface area contributed by atoms with Crippen LogP contribution in [0.3, 0.4) is 0 Å². The molecule has 2 heterocycles. The summed E-state index contributed by atoms with van der Waals surface area (Å²) >= 11 is 1.40. The molecule has 132 valence electrons. The van der Waals surface area contributed by atoms with Crippen molar-refractivity contribution >= 4 is 34.6 Å². The number of carbonyl (C=O) groups excluding carboxylic acids is 1. The lowest BCUT2D eigenvalue weighted by Gasteiger charge is -2.15. The summed E-state index contributed by atoms with van der Waals surface area (Å²) in [5, 5.41) is 0.685. The van der Waals surface area contributed by atoms with Crippen LogP contribution < -0.4 is 0 Å². The highest BCUT2D eigenvalue weighted by molar-refractivity contribution is 8.18. The molecule has 0 spiro atoms. The summed E-state index contributed by atoms with van der Waals surface area (Å²) in [6, 6.07) is 23.4. The maximum Gasteiger partial charge on any atom is 0.267 e. The van der Waals surface area contributed by atoms with Crippen LogP contribution in [0.1, 0.15) is 11.1 Å². The van der Waals surface area contributed by atoms with Gasteiger partial charge in [-0.25, -0.2) is 4.99 Å². The number of pyridine rings is 1. The van der Waals surface area contributed by atoms with Gasteiger partial charge in [0, 0.05) is 12.4 Å². The first-order valence-corrected chi connectivity index (χ1v) is 9.40. The predicted octanol–water partition coefficient (Wildman–Crippen LogP) is 4.89. The Bertz CT molecular complexity index is 986. The number of para-hydroxylation sites is 1. The van der Waals surface area contributed by atoms with Gasteiger partial charge < -0.3 is 0 Å². The van der Waals surface area contributed by atoms with Crippen molar-refractivity contribution < 1.29 is 4.79 Å². The predicted molar refractivity (Wildman–Crippen MR) is 110 cm³/mol. The van der Waals surface area contributed by atoms with Gasteiger partial charge in [0.1, 0.15) is 0 Å². The molecule has 3 aromatic rings. The van der Waals surface area contributed by atoms with Gasteiger partial charge in [-0.2, -0.15) is 0 Å². The summed E-state index contributed by atoms with van der Waals surface area (Å²) in [7, 11) is 0. The molecule has 1 amide bonds. The number of carbonyl (C=O) groups is 1. The molecule has 5 heteroatoms. The van der Waals surface area contributed by atoms with Crippen LogP contribution in [0.15, 0.2) is 95.1 Å². The summed E-state index contributed by atoms with van der Waals surface area (Å²) in [5.74, 6) is -0.0395. The lowest BCUT2D eigenvalue weighted by Crippen LogP contribution is -2.28. The Kier molecular flexibility index (Phi) is 5.12. The number of amidine groups is 1. The molecule has 2 aromatic carbocycles. The van der Waals surface area contributed by atoms with E-state index in [1.807, 2.05) is 78.9 Å². The van der Waals surface area contributed by atoms with Crippen LogP contribution in [-0.2, 0) is 11.3 Å². The minimum atomic E-state index is -0.0395. The standard InChI is InChI=1S/C22H17N3OS/c26-21-20(14-18-10-7-13-23-15-18)27-22(24-19-11-5-2-6-12-19)25(21)16-17-8-3-1-4-9-17/h1-15H,16H2. The first-order valence-electron chi connectivity index (χ1n) is 8.59. The van der Waals surface area contributed by atoms with E-state index in [1.165, 1.54) is 11.8 Å². The summed E-state index contributed by atoms with van der Waals surface area (Å²) < 4.78 is 0. The molecule has 0 unspecified atom stereocenters. The molecule has 0 radical (unpaired) electrons. The molecule has 1 aromatic heterocycles. The number of rotatable bonds is 4. The number of nitrogens with zero attached hydrogens (tertiary/aromatic N) is 3. The maximum absolute atomic E-state index is 13.1. The fourth-order valence-electron chi connectivity index (χ4n) is 2.72. The van der Waals surface area contributed by atoms with Gasteiger partial charge in [-0.3, -0.25) is 14.7 Å². The Morgan fingerprint density at radius 1 is 0.963 bits per heavy atom. The first kappa shape index (κ1) is 17.2. The second kappa shape index (κ2) is 8.01. The van der Waals surface area contributed by atoms with E-state index in [2.05, 4.69) is 4.98 Å². The Morgan fingerprint density at radius 3 is 2.41 bits per heavy atom. The maximum atomic E-state index is 13.1. The number of thioether (sulfide) groups is 1. The second-order valence-electron chi connectivity index (χ2n) is 6.00. The summed E-state index contributed by atoms with van der Waals surface area (Å²) in [4.78, 5) is 24.3. The van der Waals surface area contributed by atoms with Crippen LogP contribution in [0, 0.1) is 0 Å². The number of amides is 1. The van der Waals surface area contributed by atoms with Crippen molar-refractivity contribution in [1.29, 1.82) is 0 Å². The Labute approximate surface area is 162 Å². The molecular formula is C22H17N3OS. The lowest BCUT2D eigenvalue weighted by atomic mass is 10.2. The number of aromatic nitrogens is 1. The van der Waals surface area contributed by atoms with Crippen LogP contribution >= 0.6 is 11.8 Å². The van der Waals surface area contributed by atoms with Crippen molar-refractivity contribution in [2.24, 2.45) is 4.99 Å². The number of hydrogen-bond donors (Lipinski definition) is 0. The van der Waals surface area contributed by atoms with Gasteiger partial charge in [-0.15, -0.1) is 0 Å². The minimum absolute atomic E-state index is 0.0395. The molecule has 0 atom stereocenters. The molecule has 1 saturated heterocycles. The third-order valence-electron chi connectivity index (χ3n) is 4.03. The summed E-state index contributed by atoms with van der Waals surface area (Å²) in [6.45, 7) is 0.489. The smallest absolute Gasteiger partial charge is 0.267 e. The molecule has 4 nitrogen and oxygen atoms in total. The van der Waals surface area contributed by atoms with E-state index in [0.29, 0.717) is 16.6 Å². The Balaban J connectivity index is 1.69. The monoisotopic (exact) mass is 371 g/mol. The van der Waals surface area contributed by atoms with Gasteiger partial charge >= 0.3 is 0 Å². The number of benzene rings is 2. The van der Waals surface area contributed by atoms with Gasteiger partial charge in [-0.05, 0) is 47.2 Å². The fourth-order valence-corrected chi connectivity index (χ4v) is 3.72. The highest BCUT2D eigenvalue weighted by Crippen LogP contribution is 2.35. The topological polar surface area (TPSA) is 45.6 Å². The zero-order chi connectivity index (χ0) is 18.5. The lowest BCUT2D eigenvalue weighted by molar-refractivity contribution is -0.122. The van der Waals surface area contributed by atoms with E-state index in [0.717, 1.165) is 16.8 Å². The van der Waals surface area contributed by atoms with Crippen molar-refractivity contribution in [2.45, 2.75) is 6.54 Å². The minimum Gasteiger partial charge on any atom is -0.282 e. The Hall–Kier alpha value is -3.18. The first-order chi connectivity index (χ1) is 13.3. The molecule has 1 aliphatic heterocycles. The van der Waals surface area contributed by atoms with Crippen LogP contribution in [0.5, 0.6) is 0 Å². The van der Waals surface area contributed by atoms with E-state index in [9.17, 15) is 4.79 Å². The van der Waals surface area contributed by atoms with Crippen LogP contribution in [0.25, 0.3) is 6.08 Å². The molecular weight excluding hydrogens is 354 g/mol. The molecule has 0 saturated carbocycles. The van der Waals surface area contributed by atoms with Gasteiger partial charge in [0.2, 0.25) is 0 Å². The largest absolute Gasteiger partial charge is 0.282 e. The van der Waals surface area contributed by atoms with E-state index >= 15 is 0 Å². The van der Waals surface area contributed by atoms with Gasteiger partial charge in [0.15, 0.2) is 5.17 Å². The van der Waals surface area contributed by atoms with Gasteiger partial charge in [0.05, 0.1) is 17.1 Å². The second-order valence-corrected chi connectivity index (χ2v) is 7.01. The third-order valence-corrected chi connectivity index (χ3v) is 5.04. The van der Waals surface area contributed by atoms with Crippen molar-refractivity contribution in [3.05, 3.63) is 101 Å². The molecule has 0 N–H and O–H groups in total. The van der Waals surface area contributed by atoms with Gasteiger partial charge in [0.25, 0.3) is 5.91 Å². The highest BCUT2D eigenvalue weighted by Gasteiger charge is 2.33. The summed E-state index contributed by atoms with van der Waals surface area (Å²) in [5.41, 5.74) is 2.79. The van der Waals surface area contributed by atoms with E-state index < -0.39 is 0 Å². The van der Waals surface area contributed by atoms with Gasteiger partial charge in [-0.1, -0.05) is 54.6 Å². The highest BCUT2D eigenvalue weighted by atomic mass is 32.2. The average Bonchev–Trinajstić information content (AvgIpc) is 2.99. The summed E-state index contributed by atoms with van der Waals surface area (Å²) in [6.07, 6.45) is 5.33. The fraction of sp³-hybridized carbons (Fsp3) is 0.0455. The molecule has 0 aliphatic carbocycles. The van der Waals surface area contributed by atoms with E-state index in [4.69, 9.17) is 4.99 Å². The number of hydrogen-bond acceptors (Lipinski definition) is 4. The molecule has 1 fully saturated rings.